The Balaban J connectivity index is 0.00000205. The van der Waals surface area contributed by atoms with Crippen LogP contribution in [0.25, 0.3) is 10.8 Å². The fourth-order valence-electron chi connectivity index (χ4n) is 5.24. The largest absolute Gasteiger partial charge is 0.461 e. The van der Waals surface area contributed by atoms with Gasteiger partial charge in [0.1, 0.15) is 12.4 Å². The summed E-state index contributed by atoms with van der Waals surface area (Å²) in [5, 5.41) is 6.00. The summed E-state index contributed by atoms with van der Waals surface area (Å²) >= 11 is 2.18. The van der Waals surface area contributed by atoms with Gasteiger partial charge in [-0.2, -0.15) is 9.97 Å². The second-order valence-corrected chi connectivity index (χ2v) is 12.6. The third-order valence-electron chi connectivity index (χ3n) is 6.97. The quantitative estimate of drug-likeness (QED) is 0.106. The number of anilines is 2. The van der Waals surface area contributed by atoms with Gasteiger partial charge in [0.25, 0.3) is 0 Å². The molecule has 1 atom stereocenters. The molecule has 0 saturated carbocycles. The van der Waals surface area contributed by atoms with Gasteiger partial charge in [-0.3, -0.25) is 3.11 Å². The van der Waals surface area contributed by atoms with Crippen LogP contribution in [0.4, 0.5) is 11.5 Å². The number of aromatic nitrogens is 2. The maximum Gasteiger partial charge on any atom is 0.318 e. The summed E-state index contributed by atoms with van der Waals surface area (Å²) in [5.74, 6) is 1.06. The maximum absolute atomic E-state index is 6.28. The first-order chi connectivity index (χ1) is 21.9. The molecule has 256 valence electrons. The Morgan fingerprint density at radius 1 is 1.00 bits per heavy atom. The van der Waals surface area contributed by atoms with Crippen molar-refractivity contribution in [2.75, 3.05) is 50.1 Å². The summed E-state index contributed by atoms with van der Waals surface area (Å²) in [5.41, 5.74) is 3.64. The van der Waals surface area contributed by atoms with Gasteiger partial charge in [-0.15, -0.1) is 12.8 Å². The van der Waals surface area contributed by atoms with E-state index in [0.717, 1.165) is 69.8 Å². The zero-order valence-corrected chi connectivity index (χ0v) is 31.2. The molecule has 2 aromatic carbocycles. The molecule has 1 unspecified atom stereocenters. The molecule has 8 heteroatoms. The van der Waals surface area contributed by atoms with E-state index in [4.69, 9.17) is 14.7 Å². The number of nitrogens with zero attached hydrogens (tertiary/aromatic N) is 5. The van der Waals surface area contributed by atoms with E-state index in [1.807, 2.05) is 50.3 Å². The van der Waals surface area contributed by atoms with E-state index in [1.54, 1.807) is 0 Å². The molecule has 0 bridgehead atoms. The van der Waals surface area contributed by atoms with Crippen molar-refractivity contribution in [2.24, 2.45) is 0 Å². The average Bonchev–Trinajstić information content (AvgIpc) is 3.06. The van der Waals surface area contributed by atoms with Gasteiger partial charge < -0.3 is 19.9 Å². The SMILES string of the molecule is C.C#C.C/C=C\NC(CCC)COc1nc2c(c(N(CCC)CCC)n1)CCN(c1cccc3ccccc13)C2.CC.CN(C)I. The fourth-order valence-corrected chi connectivity index (χ4v) is 5.24. The van der Waals surface area contributed by atoms with Gasteiger partial charge >= 0.3 is 6.01 Å². The Bertz CT molecular complexity index is 1260. The second-order valence-electron chi connectivity index (χ2n) is 10.7. The molecule has 1 aliphatic heterocycles. The highest BCUT2D eigenvalue weighted by atomic mass is 127. The van der Waals surface area contributed by atoms with E-state index in [-0.39, 0.29) is 13.5 Å². The van der Waals surface area contributed by atoms with Gasteiger partial charge in [0, 0.05) is 59.1 Å². The van der Waals surface area contributed by atoms with Crippen molar-refractivity contribution in [2.45, 2.75) is 93.7 Å². The van der Waals surface area contributed by atoms with Crippen LogP contribution in [0.3, 0.4) is 0 Å². The highest BCUT2D eigenvalue weighted by molar-refractivity contribution is 14.1. The zero-order chi connectivity index (χ0) is 33.6. The van der Waals surface area contributed by atoms with Crippen LogP contribution in [0.15, 0.2) is 54.7 Å². The predicted octanol–water partition coefficient (Wildman–Crippen LogP) is 9.30. The van der Waals surface area contributed by atoms with Crippen molar-refractivity contribution in [3.63, 3.8) is 0 Å². The minimum atomic E-state index is 0. The van der Waals surface area contributed by atoms with E-state index in [9.17, 15) is 0 Å². The number of ether oxygens (including phenoxy) is 1. The molecule has 2 heterocycles. The lowest BCUT2D eigenvalue weighted by Gasteiger charge is -2.34. The number of terminal acetylenes is 1. The molecule has 46 heavy (non-hydrogen) atoms. The van der Waals surface area contributed by atoms with E-state index < -0.39 is 0 Å². The van der Waals surface area contributed by atoms with Gasteiger partial charge in [-0.05, 0) is 64.4 Å². The third kappa shape index (κ3) is 13.8. The molecule has 0 radical (unpaired) electrons. The van der Waals surface area contributed by atoms with E-state index in [0.29, 0.717) is 12.6 Å². The standard InChI is InChI=1S/C31H43N5O.C2H6IN.C2H6.C2H2.CH4/c1-5-12-25(32-18-6-2)23-37-31-33-28-22-36(29-16-11-14-24-13-9-10-15-26(24)29)21-17-27(28)30(34-31)35(19-7-3)20-8-4;1-4(2)3;2*1-2;/h6,9-11,13-16,18,25,32H,5,7-8,12,17,19-23H2,1-4H3;1-2H3;1-2H3;1-2H;1H4/b18-6-;;;;. The maximum atomic E-state index is 6.28. The monoisotopic (exact) mass is 744 g/mol. The number of hydrogen-bond acceptors (Lipinski definition) is 7. The number of rotatable bonds is 13. The van der Waals surface area contributed by atoms with Crippen LogP contribution in [0.2, 0.25) is 0 Å². The van der Waals surface area contributed by atoms with Crippen LogP contribution in [0, 0.1) is 12.8 Å². The Kier molecular flexibility index (Phi) is 23.5. The second kappa shape index (κ2) is 25.1. The van der Waals surface area contributed by atoms with Gasteiger partial charge in [0.15, 0.2) is 0 Å². The molecular weight excluding hydrogens is 683 g/mol. The lowest BCUT2D eigenvalue weighted by molar-refractivity contribution is 0.247. The average molecular weight is 745 g/mol. The summed E-state index contributed by atoms with van der Waals surface area (Å²) in [6.07, 6.45) is 17.2. The Labute approximate surface area is 295 Å². The zero-order valence-electron chi connectivity index (χ0n) is 29.0. The normalized spacial score (nSPS) is 12.3. The Morgan fingerprint density at radius 3 is 2.24 bits per heavy atom. The van der Waals surface area contributed by atoms with Crippen molar-refractivity contribution in [1.29, 1.82) is 0 Å². The highest BCUT2D eigenvalue weighted by Crippen LogP contribution is 2.34. The number of nitrogens with one attached hydrogen (secondary N) is 1. The molecule has 0 aliphatic carbocycles. The molecule has 0 amide bonds. The molecule has 0 fully saturated rings. The van der Waals surface area contributed by atoms with Crippen LogP contribution >= 0.6 is 22.9 Å². The van der Waals surface area contributed by atoms with Crippen molar-refractivity contribution in [3.8, 4) is 18.9 Å². The lowest BCUT2D eigenvalue weighted by Crippen LogP contribution is -2.35. The molecule has 0 saturated heterocycles. The summed E-state index contributed by atoms with van der Waals surface area (Å²) in [6, 6.07) is 15.9. The van der Waals surface area contributed by atoms with Crippen LogP contribution in [-0.2, 0) is 13.0 Å². The first-order valence-corrected chi connectivity index (χ1v) is 17.4. The molecule has 1 N–H and O–H groups in total. The van der Waals surface area contributed by atoms with Crippen LogP contribution in [-0.4, -0.2) is 59.5 Å². The number of hydrogen-bond donors (Lipinski definition) is 1. The third-order valence-corrected chi connectivity index (χ3v) is 6.97. The van der Waals surface area contributed by atoms with Gasteiger partial charge in [-0.25, -0.2) is 0 Å². The van der Waals surface area contributed by atoms with Gasteiger partial charge in [0.2, 0.25) is 0 Å². The predicted molar refractivity (Wildman–Crippen MR) is 211 cm³/mol. The smallest absolute Gasteiger partial charge is 0.318 e. The molecule has 4 rings (SSSR count). The van der Waals surface area contributed by atoms with Crippen LogP contribution in [0.5, 0.6) is 6.01 Å². The molecular formula is C38H61IN6O. The summed E-state index contributed by atoms with van der Waals surface area (Å²) in [7, 11) is 3.97. The lowest BCUT2D eigenvalue weighted by atomic mass is 10.0. The molecule has 1 aliphatic rings. The first kappa shape index (κ1) is 43.0. The van der Waals surface area contributed by atoms with Crippen LogP contribution < -0.4 is 19.9 Å². The summed E-state index contributed by atoms with van der Waals surface area (Å²) in [4.78, 5) is 14.9. The number of halogens is 1. The van der Waals surface area contributed by atoms with Crippen molar-refractivity contribution >= 4 is 45.1 Å². The van der Waals surface area contributed by atoms with E-state index >= 15 is 0 Å². The summed E-state index contributed by atoms with van der Waals surface area (Å²) < 4.78 is 8.25. The van der Waals surface area contributed by atoms with E-state index in [2.05, 4.69) is 114 Å². The van der Waals surface area contributed by atoms with Crippen molar-refractivity contribution < 1.29 is 4.74 Å². The van der Waals surface area contributed by atoms with Crippen molar-refractivity contribution in [3.05, 3.63) is 66.0 Å². The number of allylic oxidation sites excluding steroid dienone is 1. The topological polar surface area (TPSA) is 56.8 Å². The minimum absolute atomic E-state index is 0. The van der Waals surface area contributed by atoms with Gasteiger partial charge in [-0.1, -0.05) is 90.9 Å². The molecule has 3 aromatic rings. The number of fused-ring (bicyclic) bond motifs is 2. The van der Waals surface area contributed by atoms with E-state index in [1.165, 1.54) is 22.0 Å². The molecule has 1 aromatic heterocycles. The fraction of sp³-hybridized carbons (Fsp3) is 0.526. The minimum Gasteiger partial charge on any atom is -0.461 e. The Hall–Kier alpha value is -3.03. The molecule has 7 nitrogen and oxygen atoms in total. The van der Waals surface area contributed by atoms with Crippen LogP contribution in [0.1, 0.15) is 85.9 Å². The first-order valence-electron chi connectivity index (χ1n) is 16.5. The van der Waals surface area contributed by atoms with Gasteiger partial charge in [0.05, 0.1) is 18.3 Å². The number of benzene rings is 2. The Morgan fingerprint density at radius 2 is 1.63 bits per heavy atom. The van der Waals surface area contributed by atoms with Crippen molar-refractivity contribution in [1.82, 2.24) is 18.4 Å². The summed E-state index contributed by atoms with van der Waals surface area (Å²) in [6.45, 7) is 16.9. The molecule has 0 spiro atoms. The highest BCUT2D eigenvalue weighted by Gasteiger charge is 2.26.